The van der Waals surface area contributed by atoms with Crippen LogP contribution < -0.4 is 5.32 Å². The number of imidazole rings is 1. The van der Waals surface area contributed by atoms with Crippen molar-refractivity contribution < 1.29 is 0 Å². The Morgan fingerprint density at radius 2 is 2.15 bits per heavy atom. The Morgan fingerprint density at radius 1 is 1.30 bits per heavy atom. The predicted molar refractivity (Wildman–Crippen MR) is 82.7 cm³/mol. The topological polar surface area (TPSA) is 34.8 Å². The summed E-state index contributed by atoms with van der Waals surface area (Å²) in [4.78, 5) is 4.37. The summed E-state index contributed by atoms with van der Waals surface area (Å²) < 4.78 is 4.35. The molecule has 0 aromatic carbocycles. The van der Waals surface area contributed by atoms with Crippen LogP contribution in [0.5, 0.6) is 0 Å². The van der Waals surface area contributed by atoms with Crippen LogP contribution in [0.2, 0.25) is 0 Å². The van der Waals surface area contributed by atoms with E-state index >= 15 is 0 Å². The normalized spacial score (nSPS) is 12.8. The summed E-state index contributed by atoms with van der Waals surface area (Å²) >= 11 is 0. The third kappa shape index (κ3) is 3.73. The van der Waals surface area contributed by atoms with Crippen LogP contribution in [0.1, 0.15) is 44.1 Å². The molecule has 20 heavy (non-hydrogen) atoms. The third-order valence-electron chi connectivity index (χ3n) is 3.72. The highest BCUT2D eigenvalue weighted by Gasteiger charge is 2.10. The van der Waals surface area contributed by atoms with Crippen molar-refractivity contribution in [2.24, 2.45) is 7.05 Å². The second kappa shape index (κ2) is 7.29. The van der Waals surface area contributed by atoms with Gasteiger partial charge in [0.15, 0.2) is 0 Å². The average Bonchev–Trinajstić information content (AvgIpc) is 3.05. The van der Waals surface area contributed by atoms with Crippen LogP contribution in [0, 0.1) is 0 Å². The average molecular weight is 274 g/mol. The molecule has 0 bridgehead atoms. The molecule has 4 heteroatoms. The van der Waals surface area contributed by atoms with Crippen molar-refractivity contribution in [2.75, 3.05) is 6.54 Å². The van der Waals surface area contributed by atoms with Gasteiger partial charge < -0.3 is 14.5 Å². The first-order chi connectivity index (χ1) is 9.74. The van der Waals surface area contributed by atoms with Crippen molar-refractivity contribution in [3.63, 3.8) is 0 Å². The first-order valence-corrected chi connectivity index (χ1v) is 7.59. The molecule has 0 aliphatic carbocycles. The molecule has 0 saturated carbocycles. The molecule has 2 heterocycles. The van der Waals surface area contributed by atoms with E-state index in [1.165, 1.54) is 18.4 Å². The van der Waals surface area contributed by atoms with Crippen LogP contribution in [0.4, 0.5) is 0 Å². The predicted octanol–water partition coefficient (Wildman–Crippen LogP) is 2.92. The van der Waals surface area contributed by atoms with Gasteiger partial charge in [-0.15, -0.1) is 0 Å². The van der Waals surface area contributed by atoms with Crippen LogP contribution >= 0.6 is 0 Å². The number of hydrogen-bond donors (Lipinski definition) is 1. The molecule has 1 atom stereocenters. The smallest absolute Gasteiger partial charge is 0.110 e. The molecule has 0 aliphatic heterocycles. The van der Waals surface area contributed by atoms with Gasteiger partial charge in [-0.25, -0.2) is 4.98 Å². The SMILES string of the molecule is CCCC(NCC)c1ccn(CCc2nccn2C)c1. The van der Waals surface area contributed by atoms with Gasteiger partial charge in [0.2, 0.25) is 0 Å². The van der Waals surface area contributed by atoms with Crippen LogP contribution in [0.25, 0.3) is 0 Å². The van der Waals surface area contributed by atoms with Crippen molar-refractivity contribution in [1.82, 2.24) is 19.4 Å². The molecule has 2 rings (SSSR count). The van der Waals surface area contributed by atoms with E-state index in [9.17, 15) is 0 Å². The standard InChI is InChI=1S/C16H26N4/c1-4-6-15(17-5-2)14-7-10-20(13-14)11-8-16-18-9-12-19(16)3/h7,9-10,12-13,15,17H,4-6,8,11H2,1-3H3. The first-order valence-electron chi connectivity index (χ1n) is 7.59. The van der Waals surface area contributed by atoms with Crippen molar-refractivity contribution >= 4 is 0 Å². The van der Waals surface area contributed by atoms with E-state index < -0.39 is 0 Å². The van der Waals surface area contributed by atoms with Gasteiger partial charge in [-0.2, -0.15) is 0 Å². The number of aryl methyl sites for hydroxylation is 3. The summed E-state index contributed by atoms with van der Waals surface area (Å²) in [5.74, 6) is 1.14. The molecule has 2 aromatic heterocycles. The van der Waals surface area contributed by atoms with Crippen LogP contribution in [-0.2, 0) is 20.0 Å². The Morgan fingerprint density at radius 3 is 2.80 bits per heavy atom. The Bertz CT molecular complexity index is 506. The van der Waals surface area contributed by atoms with E-state index in [2.05, 4.69) is 51.7 Å². The summed E-state index contributed by atoms with van der Waals surface area (Å²) in [6, 6.07) is 2.72. The maximum Gasteiger partial charge on any atom is 0.110 e. The molecule has 110 valence electrons. The fourth-order valence-electron chi connectivity index (χ4n) is 2.59. The summed E-state index contributed by atoms with van der Waals surface area (Å²) in [5.41, 5.74) is 1.40. The van der Waals surface area contributed by atoms with E-state index in [-0.39, 0.29) is 0 Å². The number of aromatic nitrogens is 3. The molecule has 0 saturated heterocycles. The zero-order valence-corrected chi connectivity index (χ0v) is 12.8. The van der Waals surface area contributed by atoms with Crippen LogP contribution in [-0.4, -0.2) is 20.7 Å². The second-order valence-corrected chi connectivity index (χ2v) is 5.29. The first kappa shape index (κ1) is 14.9. The monoisotopic (exact) mass is 274 g/mol. The van der Waals surface area contributed by atoms with E-state index in [4.69, 9.17) is 0 Å². The Balaban J connectivity index is 1.95. The van der Waals surface area contributed by atoms with Crippen molar-refractivity contribution in [3.05, 3.63) is 42.2 Å². The maximum absolute atomic E-state index is 4.37. The lowest BCUT2D eigenvalue weighted by Gasteiger charge is -2.15. The van der Waals surface area contributed by atoms with Crippen molar-refractivity contribution in [3.8, 4) is 0 Å². The summed E-state index contributed by atoms with van der Waals surface area (Å²) in [6.45, 7) is 6.40. The zero-order chi connectivity index (χ0) is 14.4. The molecule has 0 aliphatic rings. The van der Waals surface area contributed by atoms with Crippen LogP contribution in [0.3, 0.4) is 0 Å². The van der Waals surface area contributed by atoms with Gasteiger partial charge in [0.25, 0.3) is 0 Å². The fourth-order valence-corrected chi connectivity index (χ4v) is 2.59. The number of nitrogens with zero attached hydrogens (tertiary/aromatic N) is 3. The lowest BCUT2D eigenvalue weighted by Crippen LogP contribution is -2.20. The molecular weight excluding hydrogens is 248 g/mol. The molecule has 0 radical (unpaired) electrons. The highest BCUT2D eigenvalue weighted by Crippen LogP contribution is 2.18. The van der Waals surface area contributed by atoms with Gasteiger partial charge >= 0.3 is 0 Å². The summed E-state index contributed by atoms with van der Waals surface area (Å²) in [7, 11) is 2.05. The largest absolute Gasteiger partial charge is 0.353 e. The van der Waals surface area contributed by atoms with Gasteiger partial charge in [0.1, 0.15) is 5.82 Å². The number of hydrogen-bond acceptors (Lipinski definition) is 2. The molecule has 0 spiro atoms. The van der Waals surface area contributed by atoms with Crippen LogP contribution in [0.15, 0.2) is 30.9 Å². The highest BCUT2D eigenvalue weighted by atomic mass is 15.0. The second-order valence-electron chi connectivity index (χ2n) is 5.29. The zero-order valence-electron chi connectivity index (χ0n) is 12.8. The van der Waals surface area contributed by atoms with Crippen molar-refractivity contribution in [1.29, 1.82) is 0 Å². The molecule has 2 aromatic rings. The van der Waals surface area contributed by atoms with E-state index in [0.29, 0.717) is 6.04 Å². The number of nitrogens with one attached hydrogen (secondary N) is 1. The Kier molecular flexibility index (Phi) is 5.41. The third-order valence-corrected chi connectivity index (χ3v) is 3.72. The molecule has 1 unspecified atom stereocenters. The van der Waals surface area contributed by atoms with E-state index in [0.717, 1.165) is 25.3 Å². The minimum Gasteiger partial charge on any atom is -0.353 e. The van der Waals surface area contributed by atoms with Gasteiger partial charge in [-0.3, -0.25) is 0 Å². The fraction of sp³-hybridized carbons (Fsp3) is 0.562. The van der Waals surface area contributed by atoms with Gasteiger partial charge in [-0.1, -0.05) is 20.3 Å². The lowest BCUT2D eigenvalue weighted by atomic mass is 10.1. The number of rotatable bonds is 8. The maximum atomic E-state index is 4.37. The Labute approximate surface area is 121 Å². The highest BCUT2D eigenvalue weighted by molar-refractivity contribution is 5.15. The van der Waals surface area contributed by atoms with E-state index in [1.54, 1.807) is 0 Å². The van der Waals surface area contributed by atoms with E-state index in [1.807, 2.05) is 19.4 Å². The molecule has 0 amide bonds. The summed E-state index contributed by atoms with van der Waals surface area (Å²) in [5, 5.41) is 3.56. The lowest BCUT2D eigenvalue weighted by molar-refractivity contribution is 0.508. The minimum atomic E-state index is 0.486. The molecule has 4 nitrogen and oxygen atoms in total. The Hall–Kier alpha value is -1.55. The molecular formula is C16H26N4. The van der Waals surface area contributed by atoms with Crippen molar-refractivity contribution in [2.45, 2.75) is 45.7 Å². The quantitative estimate of drug-likeness (QED) is 0.803. The molecule has 1 N–H and O–H groups in total. The molecule has 0 fully saturated rings. The summed E-state index contributed by atoms with van der Waals surface area (Å²) in [6.07, 6.45) is 11.7. The minimum absolute atomic E-state index is 0.486. The van der Waals surface area contributed by atoms with Gasteiger partial charge in [0, 0.05) is 50.8 Å². The van der Waals surface area contributed by atoms with Gasteiger partial charge in [-0.05, 0) is 24.6 Å². The van der Waals surface area contributed by atoms with Gasteiger partial charge in [0.05, 0.1) is 0 Å².